The number of carbonyl (C=O) groups excluding carboxylic acids is 1. The van der Waals surface area contributed by atoms with Crippen LogP contribution in [0.3, 0.4) is 0 Å². The Labute approximate surface area is 145 Å². The number of aryl methyl sites for hydroxylation is 1. The number of alkyl halides is 3. The quantitative estimate of drug-likeness (QED) is 0.842. The van der Waals surface area contributed by atoms with Crippen LogP contribution in [0.15, 0.2) is 29.2 Å². The van der Waals surface area contributed by atoms with Gasteiger partial charge in [0.05, 0.1) is 16.2 Å². The van der Waals surface area contributed by atoms with E-state index in [1.807, 2.05) is 0 Å². The van der Waals surface area contributed by atoms with E-state index in [9.17, 15) is 26.4 Å². The predicted molar refractivity (Wildman–Crippen MR) is 85.0 cm³/mol. The standard InChI is InChI=1S/C14H12F3N3O3S2/c15-14(16,17)8-3-1-4-9(7-8)25(22,23)20-13-19-10-5-2-6-18-12(21)11(10)24-13/h1,3-4,7H,2,5-6H2,(H,18,21)(H,19,20). The maximum Gasteiger partial charge on any atom is 0.416 e. The summed E-state index contributed by atoms with van der Waals surface area (Å²) in [5.41, 5.74) is -0.591. The number of thiazole rings is 1. The van der Waals surface area contributed by atoms with E-state index in [-0.39, 0.29) is 11.0 Å². The molecule has 0 saturated carbocycles. The van der Waals surface area contributed by atoms with Crippen molar-refractivity contribution in [2.45, 2.75) is 23.9 Å². The number of nitrogens with zero attached hydrogens (tertiary/aromatic N) is 1. The van der Waals surface area contributed by atoms with E-state index >= 15 is 0 Å². The van der Waals surface area contributed by atoms with Gasteiger partial charge in [-0.1, -0.05) is 17.4 Å². The summed E-state index contributed by atoms with van der Waals surface area (Å²) in [6.45, 7) is 0.507. The lowest BCUT2D eigenvalue weighted by Crippen LogP contribution is -2.21. The molecule has 0 saturated heterocycles. The summed E-state index contributed by atoms with van der Waals surface area (Å²) in [6, 6.07) is 3.41. The van der Waals surface area contributed by atoms with Gasteiger partial charge in [-0.3, -0.25) is 9.52 Å². The van der Waals surface area contributed by atoms with Crippen LogP contribution in [0.25, 0.3) is 0 Å². The Balaban J connectivity index is 1.90. The van der Waals surface area contributed by atoms with E-state index < -0.39 is 26.7 Å². The molecule has 0 atom stereocenters. The number of carbonyl (C=O) groups is 1. The first kappa shape index (κ1) is 17.7. The van der Waals surface area contributed by atoms with Gasteiger partial charge in [0.15, 0.2) is 5.13 Å². The average Bonchev–Trinajstić information content (AvgIpc) is 2.85. The van der Waals surface area contributed by atoms with Gasteiger partial charge in [0.25, 0.3) is 15.9 Å². The second-order valence-electron chi connectivity index (χ2n) is 5.29. The van der Waals surface area contributed by atoms with Crippen LogP contribution in [0, 0.1) is 0 Å². The molecule has 2 N–H and O–H groups in total. The Morgan fingerprint density at radius 3 is 2.76 bits per heavy atom. The zero-order valence-corrected chi connectivity index (χ0v) is 14.2. The van der Waals surface area contributed by atoms with Gasteiger partial charge < -0.3 is 5.32 Å². The third-order valence-electron chi connectivity index (χ3n) is 3.47. The topological polar surface area (TPSA) is 88.2 Å². The molecule has 1 aromatic carbocycles. The molecular formula is C14H12F3N3O3S2. The molecule has 3 rings (SSSR count). The highest BCUT2D eigenvalue weighted by molar-refractivity contribution is 7.93. The number of sulfonamides is 1. The van der Waals surface area contributed by atoms with Crippen molar-refractivity contribution in [3.63, 3.8) is 0 Å². The Morgan fingerprint density at radius 2 is 2.04 bits per heavy atom. The van der Waals surface area contributed by atoms with Crippen LogP contribution in [-0.4, -0.2) is 25.9 Å². The normalized spacial score (nSPS) is 15.2. The molecule has 11 heteroatoms. The maximum atomic E-state index is 12.7. The van der Waals surface area contributed by atoms with Crippen molar-refractivity contribution >= 4 is 32.4 Å². The van der Waals surface area contributed by atoms with Gasteiger partial charge in [0.1, 0.15) is 4.88 Å². The van der Waals surface area contributed by atoms with Crippen molar-refractivity contribution in [2.24, 2.45) is 0 Å². The first-order valence-corrected chi connectivity index (χ1v) is 9.45. The summed E-state index contributed by atoms with van der Waals surface area (Å²) >= 11 is 0.852. The number of fused-ring (bicyclic) bond motifs is 1. The SMILES string of the molecule is O=C1NCCCc2nc(NS(=O)(=O)c3cccc(C(F)(F)F)c3)sc21. The fraction of sp³-hybridized carbons (Fsp3) is 0.286. The van der Waals surface area contributed by atoms with Crippen molar-refractivity contribution in [3.05, 3.63) is 40.4 Å². The number of amides is 1. The molecule has 0 bridgehead atoms. The number of hydrogen-bond acceptors (Lipinski definition) is 5. The van der Waals surface area contributed by atoms with Crippen molar-refractivity contribution in [3.8, 4) is 0 Å². The Hall–Kier alpha value is -2.14. The summed E-state index contributed by atoms with van der Waals surface area (Å²) in [5, 5.41) is 2.61. The molecule has 2 aromatic rings. The van der Waals surface area contributed by atoms with Gasteiger partial charge in [0.2, 0.25) is 0 Å². The van der Waals surface area contributed by atoms with Crippen LogP contribution >= 0.6 is 11.3 Å². The van der Waals surface area contributed by atoms with Gasteiger partial charge in [-0.15, -0.1) is 0 Å². The largest absolute Gasteiger partial charge is 0.416 e. The van der Waals surface area contributed by atoms with Crippen LogP contribution in [-0.2, 0) is 22.6 Å². The third-order valence-corrected chi connectivity index (χ3v) is 5.95. The summed E-state index contributed by atoms with van der Waals surface area (Å²) in [6.07, 6.45) is -3.47. The number of halogens is 3. The van der Waals surface area contributed by atoms with Gasteiger partial charge in [-0.25, -0.2) is 13.4 Å². The molecule has 0 radical (unpaired) electrons. The second-order valence-corrected chi connectivity index (χ2v) is 7.97. The van der Waals surface area contributed by atoms with E-state index in [0.717, 1.165) is 29.5 Å². The van der Waals surface area contributed by atoms with Crippen LogP contribution in [0.2, 0.25) is 0 Å². The molecule has 1 aromatic heterocycles. The maximum absolute atomic E-state index is 12.7. The van der Waals surface area contributed by atoms with Crippen molar-refractivity contribution in [1.29, 1.82) is 0 Å². The van der Waals surface area contributed by atoms with Gasteiger partial charge in [0, 0.05) is 6.54 Å². The summed E-state index contributed by atoms with van der Waals surface area (Å²) < 4.78 is 65.1. The summed E-state index contributed by atoms with van der Waals surface area (Å²) in [7, 11) is -4.26. The van der Waals surface area contributed by atoms with Gasteiger partial charge in [-0.05, 0) is 31.0 Å². The van der Waals surface area contributed by atoms with E-state index in [1.165, 1.54) is 0 Å². The minimum absolute atomic E-state index is 0.0561. The van der Waals surface area contributed by atoms with Crippen molar-refractivity contribution in [2.75, 3.05) is 11.3 Å². The Morgan fingerprint density at radius 1 is 1.28 bits per heavy atom. The van der Waals surface area contributed by atoms with Gasteiger partial charge >= 0.3 is 6.18 Å². The molecule has 6 nitrogen and oxygen atoms in total. The van der Waals surface area contributed by atoms with Crippen LogP contribution in [0.4, 0.5) is 18.3 Å². The molecule has 1 aliphatic rings. The monoisotopic (exact) mass is 391 g/mol. The summed E-state index contributed by atoms with van der Waals surface area (Å²) in [4.78, 5) is 15.7. The van der Waals surface area contributed by atoms with E-state index in [4.69, 9.17) is 0 Å². The van der Waals surface area contributed by atoms with Crippen molar-refractivity contribution < 1.29 is 26.4 Å². The Bertz CT molecular complexity index is 923. The molecule has 1 aliphatic heterocycles. The fourth-order valence-corrected chi connectivity index (χ4v) is 4.50. The molecule has 0 aliphatic carbocycles. The zero-order valence-electron chi connectivity index (χ0n) is 12.6. The van der Waals surface area contributed by atoms with Gasteiger partial charge in [-0.2, -0.15) is 13.2 Å². The predicted octanol–water partition coefficient (Wildman–Crippen LogP) is 2.64. The number of hydrogen-bond donors (Lipinski definition) is 2. The number of benzene rings is 1. The summed E-state index contributed by atoms with van der Waals surface area (Å²) in [5.74, 6) is -0.338. The van der Waals surface area contributed by atoms with E-state index in [2.05, 4.69) is 15.0 Å². The fourth-order valence-electron chi connectivity index (χ4n) is 2.29. The van der Waals surface area contributed by atoms with Crippen molar-refractivity contribution in [1.82, 2.24) is 10.3 Å². The molecule has 0 spiro atoms. The van der Waals surface area contributed by atoms with E-state index in [1.54, 1.807) is 0 Å². The van der Waals surface area contributed by atoms with Crippen LogP contribution in [0.1, 0.15) is 27.3 Å². The smallest absolute Gasteiger partial charge is 0.351 e. The molecular weight excluding hydrogens is 379 g/mol. The average molecular weight is 391 g/mol. The Kier molecular flexibility index (Phi) is 4.45. The first-order valence-electron chi connectivity index (χ1n) is 7.15. The third kappa shape index (κ3) is 3.76. The minimum atomic E-state index is -4.65. The molecule has 2 heterocycles. The van der Waals surface area contributed by atoms with Crippen LogP contribution < -0.4 is 10.0 Å². The molecule has 1 amide bonds. The zero-order chi connectivity index (χ0) is 18.2. The lowest BCUT2D eigenvalue weighted by atomic mass is 10.2. The number of rotatable bonds is 3. The highest BCUT2D eigenvalue weighted by Crippen LogP contribution is 2.32. The molecule has 134 valence electrons. The second kappa shape index (κ2) is 6.30. The minimum Gasteiger partial charge on any atom is -0.351 e. The highest BCUT2D eigenvalue weighted by Gasteiger charge is 2.32. The van der Waals surface area contributed by atoms with Crippen LogP contribution in [0.5, 0.6) is 0 Å². The highest BCUT2D eigenvalue weighted by atomic mass is 32.2. The first-order chi connectivity index (χ1) is 11.7. The molecule has 25 heavy (non-hydrogen) atoms. The molecule has 0 fully saturated rings. The number of aromatic nitrogens is 1. The molecule has 0 unspecified atom stereocenters. The van der Waals surface area contributed by atoms with E-state index in [0.29, 0.717) is 36.0 Å². The number of nitrogens with one attached hydrogen (secondary N) is 2. The number of anilines is 1. The lowest BCUT2D eigenvalue weighted by Gasteiger charge is -2.09. The lowest BCUT2D eigenvalue weighted by molar-refractivity contribution is -0.137.